The highest BCUT2D eigenvalue weighted by Crippen LogP contribution is 2.38. The number of rotatable bonds is 6. The van der Waals surface area contributed by atoms with Gasteiger partial charge in [-0.15, -0.1) is 0 Å². The zero-order valence-electron chi connectivity index (χ0n) is 16.8. The molecule has 0 spiro atoms. The van der Waals surface area contributed by atoms with Crippen molar-refractivity contribution in [1.82, 2.24) is 9.71 Å². The van der Waals surface area contributed by atoms with Gasteiger partial charge in [0.05, 0.1) is 38.4 Å². The van der Waals surface area contributed by atoms with Gasteiger partial charge in [0.25, 0.3) is 0 Å². The number of pyridine rings is 1. The van der Waals surface area contributed by atoms with Crippen molar-refractivity contribution in [3.8, 4) is 0 Å². The van der Waals surface area contributed by atoms with E-state index in [1.807, 2.05) is 0 Å². The van der Waals surface area contributed by atoms with Gasteiger partial charge >= 0.3 is 12.1 Å². The maximum absolute atomic E-state index is 13.5. The lowest BCUT2D eigenvalue weighted by atomic mass is 9.82. The van der Waals surface area contributed by atoms with E-state index >= 15 is 0 Å². The van der Waals surface area contributed by atoms with Gasteiger partial charge in [0.15, 0.2) is 0 Å². The number of carboxylic acid groups (broad SMARTS) is 1. The zero-order valence-corrected chi connectivity index (χ0v) is 18.4. The van der Waals surface area contributed by atoms with Crippen LogP contribution < -0.4 is 4.72 Å². The molecule has 0 aliphatic carbocycles. The van der Waals surface area contributed by atoms with E-state index < -0.39 is 45.4 Å². The van der Waals surface area contributed by atoms with Gasteiger partial charge in [-0.05, 0) is 57.5 Å². The van der Waals surface area contributed by atoms with E-state index in [-0.39, 0.29) is 21.8 Å². The van der Waals surface area contributed by atoms with E-state index in [1.54, 1.807) is 20.8 Å². The topological polar surface area (TPSA) is 79.3 Å². The highest BCUT2D eigenvalue weighted by Gasteiger charge is 2.43. The second kappa shape index (κ2) is 8.64. The van der Waals surface area contributed by atoms with Crippen molar-refractivity contribution in [3.05, 3.63) is 63.9 Å². The molecule has 0 bridgehead atoms. The van der Waals surface area contributed by atoms with Gasteiger partial charge in [-0.2, -0.15) is 13.2 Å². The fourth-order valence-corrected chi connectivity index (χ4v) is 3.88. The van der Waals surface area contributed by atoms with E-state index in [9.17, 15) is 27.3 Å². The van der Waals surface area contributed by atoms with E-state index in [1.165, 1.54) is 31.3 Å². The van der Waals surface area contributed by atoms with Crippen molar-refractivity contribution in [1.29, 1.82) is 0 Å². The van der Waals surface area contributed by atoms with Crippen LogP contribution in [-0.4, -0.2) is 25.0 Å². The predicted molar refractivity (Wildman–Crippen MR) is 109 cm³/mol. The van der Waals surface area contributed by atoms with Crippen molar-refractivity contribution in [2.75, 3.05) is 0 Å². The number of carbonyl (C=O) groups is 1. The van der Waals surface area contributed by atoms with Crippen LogP contribution in [0.1, 0.15) is 49.6 Å². The Morgan fingerprint density at radius 3 is 2.23 bits per heavy atom. The lowest BCUT2D eigenvalue weighted by Gasteiger charge is -2.36. The molecule has 5 nitrogen and oxygen atoms in total. The molecule has 0 aliphatic rings. The molecule has 0 fully saturated rings. The molecule has 30 heavy (non-hydrogen) atoms. The summed E-state index contributed by atoms with van der Waals surface area (Å²) in [5.41, 5.74) is -2.38. The Balaban J connectivity index is 2.86. The zero-order chi connectivity index (χ0) is 22.9. The molecule has 10 heteroatoms. The van der Waals surface area contributed by atoms with Crippen LogP contribution in [0.2, 0.25) is 5.02 Å². The first-order valence-electron chi connectivity index (χ1n) is 8.88. The number of halogens is 4. The van der Waals surface area contributed by atoms with Gasteiger partial charge in [0.1, 0.15) is 5.54 Å². The van der Waals surface area contributed by atoms with Gasteiger partial charge in [-0.25, -0.2) is 8.93 Å². The molecule has 0 radical (unpaired) electrons. The molecule has 1 heterocycles. The van der Waals surface area contributed by atoms with Crippen LogP contribution in [0, 0.1) is 6.92 Å². The SMILES string of the molecule is Cc1cc(C(F)(F)F)cc([C@](CC(=O)O)(N[S@](=O)C(C)(C)C)c2ccc(Cl)cn2)c1. The number of hydrogen-bond acceptors (Lipinski definition) is 3. The fourth-order valence-electron chi connectivity index (χ4n) is 2.85. The molecule has 2 N–H and O–H groups in total. The molecule has 2 rings (SSSR count). The fraction of sp³-hybridized carbons (Fsp3) is 0.400. The average molecular weight is 463 g/mol. The average Bonchev–Trinajstić information content (AvgIpc) is 2.59. The number of alkyl halides is 3. The molecule has 2 aromatic rings. The summed E-state index contributed by atoms with van der Waals surface area (Å²) in [7, 11) is -1.83. The van der Waals surface area contributed by atoms with Crippen LogP contribution in [0.3, 0.4) is 0 Å². The standard InChI is InChI=1S/C20H22ClF3N2O3S/c1-12-7-13(9-14(8-12)20(22,23)24)19(10-17(27)28,26-30(29)18(2,3)4)16-6-5-15(21)11-25-16/h5-9,11,26H,10H2,1-4H3,(H,27,28)/t19-,30+/m0/s1. The summed E-state index contributed by atoms with van der Waals surface area (Å²) in [6, 6.07) is 6.11. The summed E-state index contributed by atoms with van der Waals surface area (Å²) in [5.74, 6) is -1.31. The summed E-state index contributed by atoms with van der Waals surface area (Å²) < 4.78 is 55.4. The Morgan fingerprint density at radius 2 is 1.77 bits per heavy atom. The minimum Gasteiger partial charge on any atom is -0.481 e. The van der Waals surface area contributed by atoms with Crippen molar-refractivity contribution < 1.29 is 27.3 Å². The van der Waals surface area contributed by atoms with E-state index in [4.69, 9.17) is 11.6 Å². The normalized spacial score (nSPS) is 15.5. The van der Waals surface area contributed by atoms with E-state index in [0.717, 1.165) is 12.1 Å². The van der Waals surface area contributed by atoms with Crippen LogP contribution in [0.4, 0.5) is 13.2 Å². The highest BCUT2D eigenvalue weighted by atomic mass is 35.5. The van der Waals surface area contributed by atoms with Gasteiger partial charge in [0, 0.05) is 6.20 Å². The molecule has 0 saturated heterocycles. The van der Waals surface area contributed by atoms with Crippen LogP contribution in [-0.2, 0) is 27.5 Å². The largest absolute Gasteiger partial charge is 0.481 e. The first kappa shape index (κ1) is 24.3. The van der Waals surface area contributed by atoms with Crippen LogP contribution in [0.25, 0.3) is 0 Å². The number of aryl methyl sites for hydroxylation is 1. The molecule has 1 aromatic carbocycles. The van der Waals surface area contributed by atoms with E-state index in [0.29, 0.717) is 0 Å². The van der Waals surface area contributed by atoms with Crippen molar-refractivity contribution in [2.45, 2.75) is 50.6 Å². The third-order valence-corrected chi connectivity index (χ3v) is 6.17. The smallest absolute Gasteiger partial charge is 0.416 e. The summed E-state index contributed by atoms with van der Waals surface area (Å²) in [6.07, 6.45) is -4.08. The van der Waals surface area contributed by atoms with Gasteiger partial charge in [-0.3, -0.25) is 9.78 Å². The summed E-state index contributed by atoms with van der Waals surface area (Å²) >= 11 is 5.89. The molecule has 1 aromatic heterocycles. The lowest BCUT2D eigenvalue weighted by molar-refractivity contribution is -0.138. The molecular weight excluding hydrogens is 441 g/mol. The van der Waals surface area contributed by atoms with Crippen LogP contribution >= 0.6 is 11.6 Å². The van der Waals surface area contributed by atoms with Gasteiger partial charge in [0.2, 0.25) is 0 Å². The second-order valence-electron chi connectivity index (χ2n) is 7.91. The first-order chi connectivity index (χ1) is 13.6. The number of nitrogens with zero attached hydrogens (tertiary/aromatic N) is 1. The maximum Gasteiger partial charge on any atom is 0.416 e. The predicted octanol–water partition coefficient (Wildman–Crippen LogP) is 4.83. The van der Waals surface area contributed by atoms with Crippen LogP contribution in [0.15, 0.2) is 36.5 Å². The Kier molecular flexibility index (Phi) is 7.00. The summed E-state index contributed by atoms with van der Waals surface area (Å²) in [4.78, 5) is 16.0. The number of carboxylic acids is 1. The second-order valence-corrected chi connectivity index (χ2v) is 10.3. The quantitative estimate of drug-likeness (QED) is 0.644. The lowest BCUT2D eigenvalue weighted by Crippen LogP contribution is -2.50. The minimum absolute atomic E-state index is 0.00959. The molecular formula is C20H22ClF3N2O3S. The molecule has 2 atom stereocenters. The number of aromatic nitrogens is 1. The number of aliphatic carboxylic acids is 1. The summed E-state index contributed by atoms with van der Waals surface area (Å²) in [6.45, 7) is 6.46. The molecule has 0 amide bonds. The summed E-state index contributed by atoms with van der Waals surface area (Å²) in [5, 5.41) is 9.89. The molecule has 164 valence electrons. The number of hydrogen-bond donors (Lipinski definition) is 2. The van der Waals surface area contributed by atoms with Crippen molar-refractivity contribution >= 4 is 28.6 Å². The molecule has 0 aliphatic heterocycles. The van der Waals surface area contributed by atoms with E-state index in [2.05, 4.69) is 9.71 Å². The Morgan fingerprint density at radius 1 is 1.17 bits per heavy atom. The Hall–Kier alpha value is -1.97. The molecule has 0 unspecified atom stereocenters. The Bertz CT molecular complexity index is 959. The number of benzene rings is 1. The van der Waals surface area contributed by atoms with Crippen LogP contribution in [0.5, 0.6) is 0 Å². The monoisotopic (exact) mass is 462 g/mol. The van der Waals surface area contributed by atoms with Crippen molar-refractivity contribution in [3.63, 3.8) is 0 Å². The third kappa shape index (κ3) is 5.59. The number of nitrogens with one attached hydrogen (secondary N) is 1. The maximum atomic E-state index is 13.5. The van der Waals surface area contributed by atoms with Gasteiger partial charge < -0.3 is 5.11 Å². The van der Waals surface area contributed by atoms with Gasteiger partial charge in [-0.1, -0.05) is 23.2 Å². The Labute approximate surface area is 180 Å². The first-order valence-corrected chi connectivity index (χ1v) is 10.4. The highest BCUT2D eigenvalue weighted by molar-refractivity contribution is 7.84. The molecule has 0 saturated carbocycles. The van der Waals surface area contributed by atoms with Crippen molar-refractivity contribution in [2.24, 2.45) is 0 Å². The minimum atomic E-state index is -4.65. The third-order valence-electron chi connectivity index (χ3n) is 4.30.